The van der Waals surface area contributed by atoms with E-state index in [1.54, 1.807) is 23.6 Å². The summed E-state index contributed by atoms with van der Waals surface area (Å²) in [5.41, 5.74) is 2.24. The molecule has 0 saturated carbocycles. The number of benzene rings is 2. The van der Waals surface area contributed by atoms with Crippen LogP contribution < -0.4 is 14.8 Å². The van der Waals surface area contributed by atoms with Gasteiger partial charge in [0.15, 0.2) is 5.13 Å². The number of hydrogen-bond acceptors (Lipinski definition) is 6. The number of nitrogens with zero attached hydrogens (tertiary/aromatic N) is 1. The second-order valence-electron chi connectivity index (χ2n) is 6.02. The summed E-state index contributed by atoms with van der Waals surface area (Å²) in [4.78, 5) is 16.5. The summed E-state index contributed by atoms with van der Waals surface area (Å²) in [6.07, 6.45) is 0.0503. The van der Waals surface area contributed by atoms with Crippen molar-refractivity contribution in [3.05, 3.63) is 65.2 Å². The van der Waals surface area contributed by atoms with Crippen molar-refractivity contribution in [3.63, 3.8) is 0 Å². The first kappa shape index (κ1) is 19.8. The number of hydrogen-bond donors (Lipinski definition) is 2. The van der Waals surface area contributed by atoms with E-state index in [9.17, 15) is 13.2 Å². The molecule has 7 nitrogen and oxygen atoms in total. The summed E-state index contributed by atoms with van der Waals surface area (Å²) in [7, 11) is -2.26. The van der Waals surface area contributed by atoms with E-state index in [-0.39, 0.29) is 22.4 Å². The molecule has 0 bridgehead atoms. The minimum Gasteiger partial charge on any atom is -0.497 e. The van der Waals surface area contributed by atoms with Gasteiger partial charge in [-0.2, -0.15) is 0 Å². The number of aromatic nitrogens is 1. The van der Waals surface area contributed by atoms with Gasteiger partial charge in [0.2, 0.25) is 5.91 Å². The molecule has 0 aliphatic carbocycles. The van der Waals surface area contributed by atoms with Crippen LogP contribution in [0.2, 0.25) is 0 Å². The summed E-state index contributed by atoms with van der Waals surface area (Å²) in [5, 5.41) is 4.66. The van der Waals surface area contributed by atoms with Crippen LogP contribution in [0.4, 0.5) is 10.8 Å². The van der Waals surface area contributed by atoms with Gasteiger partial charge in [0.25, 0.3) is 10.0 Å². The van der Waals surface area contributed by atoms with Crippen LogP contribution in [0.15, 0.2) is 58.8 Å². The Morgan fingerprint density at radius 1 is 1.18 bits per heavy atom. The summed E-state index contributed by atoms with van der Waals surface area (Å²) in [6, 6.07) is 13.5. The van der Waals surface area contributed by atoms with Gasteiger partial charge in [0.1, 0.15) is 5.75 Å². The number of methoxy groups -OCH3 is 1. The number of sulfonamides is 1. The first-order chi connectivity index (χ1) is 13.4. The van der Waals surface area contributed by atoms with Crippen LogP contribution in [-0.2, 0) is 21.2 Å². The Bertz CT molecular complexity index is 1080. The van der Waals surface area contributed by atoms with Crippen LogP contribution in [0.1, 0.15) is 11.3 Å². The Hall–Kier alpha value is -2.91. The summed E-state index contributed by atoms with van der Waals surface area (Å²) < 4.78 is 32.3. The quantitative estimate of drug-likeness (QED) is 0.614. The van der Waals surface area contributed by atoms with E-state index in [2.05, 4.69) is 15.0 Å². The third kappa shape index (κ3) is 5.08. The van der Waals surface area contributed by atoms with E-state index in [0.717, 1.165) is 16.9 Å². The number of aryl methyl sites for hydroxylation is 1. The number of anilines is 2. The molecule has 0 atom stereocenters. The van der Waals surface area contributed by atoms with Crippen molar-refractivity contribution >= 4 is 38.1 Å². The van der Waals surface area contributed by atoms with Crippen LogP contribution in [0.3, 0.4) is 0 Å². The van der Waals surface area contributed by atoms with Gasteiger partial charge in [-0.15, -0.1) is 11.3 Å². The molecule has 3 aromatic rings. The molecule has 0 radical (unpaired) electrons. The Morgan fingerprint density at radius 2 is 1.93 bits per heavy atom. The Balaban J connectivity index is 1.63. The Labute approximate surface area is 167 Å². The van der Waals surface area contributed by atoms with E-state index >= 15 is 0 Å². The number of nitrogens with one attached hydrogen (secondary N) is 2. The van der Waals surface area contributed by atoms with E-state index in [1.165, 1.54) is 19.2 Å². The fraction of sp³-hybridized carbons (Fsp3) is 0.158. The van der Waals surface area contributed by atoms with Gasteiger partial charge in [-0.1, -0.05) is 12.1 Å². The molecule has 28 heavy (non-hydrogen) atoms. The minimum atomic E-state index is -3.76. The highest BCUT2D eigenvalue weighted by molar-refractivity contribution is 7.93. The molecule has 2 aromatic carbocycles. The van der Waals surface area contributed by atoms with Crippen LogP contribution in [-0.4, -0.2) is 26.4 Å². The Kier molecular flexibility index (Phi) is 5.96. The maximum absolute atomic E-state index is 12.4. The monoisotopic (exact) mass is 417 g/mol. The third-order valence-corrected chi connectivity index (χ3v) is 6.08. The number of ether oxygens (including phenoxy) is 1. The highest BCUT2D eigenvalue weighted by Crippen LogP contribution is 2.22. The second-order valence-corrected chi connectivity index (χ2v) is 8.56. The van der Waals surface area contributed by atoms with E-state index in [4.69, 9.17) is 4.74 Å². The number of carbonyl (C=O) groups is 1. The predicted molar refractivity (Wildman–Crippen MR) is 109 cm³/mol. The van der Waals surface area contributed by atoms with Crippen molar-refractivity contribution in [2.75, 3.05) is 17.1 Å². The molecule has 0 saturated heterocycles. The molecule has 1 amide bonds. The van der Waals surface area contributed by atoms with Gasteiger partial charge in [0.05, 0.1) is 24.1 Å². The lowest BCUT2D eigenvalue weighted by atomic mass is 10.2. The molecule has 0 fully saturated rings. The molecule has 0 aliphatic heterocycles. The molecule has 1 aromatic heterocycles. The number of thiazole rings is 1. The fourth-order valence-corrected chi connectivity index (χ4v) is 4.42. The average Bonchev–Trinajstić information content (AvgIpc) is 3.07. The lowest BCUT2D eigenvalue weighted by Crippen LogP contribution is -2.15. The minimum absolute atomic E-state index is 0.0503. The summed E-state index contributed by atoms with van der Waals surface area (Å²) in [6.45, 7) is 1.94. The van der Waals surface area contributed by atoms with Crippen molar-refractivity contribution < 1.29 is 17.9 Å². The first-order valence-electron chi connectivity index (χ1n) is 8.33. The number of carbonyl (C=O) groups excluding carboxylic acids is 1. The molecular formula is C19H19N3O4S2. The molecule has 146 valence electrons. The number of amides is 1. The lowest BCUT2D eigenvalue weighted by Gasteiger charge is -2.06. The van der Waals surface area contributed by atoms with E-state index in [1.807, 2.05) is 25.1 Å². The highest BCUT2D eigenvalue weighted by Gasteiger charge is 2.17. The van der Waals surface area contributed by atoms with Gasteiger partial charge >= 0.3 is 0 Å². The van der Waals surface area contributed by atoms with Crippen LogP contribution >= 0.6 is 11.3 Å². The maximum Gasteiger partial charge on any atom is 0.263 e. The fourth-order valence-electron chi connectivity index (χ4n) is 2.46. The molecule has 9 heteroatoms. The molecule has 0 unspecified atom stereocenters. The van der Waals surface area contributed by atoms with Gasteiger partial charge < -0.3 is 10.1 Å². The Morgan fingerprint density at radius 3 is 2.61 bits per heavy atom. The normalized spacial score (nSPS) is 11.1. The topological polar surface area (TPSA) is 97.4 Å². The zero-order chi connectivity index (χ0) is 20.1. The van der Waals surface area contributed by atoms with Gasteiger partial charge in [-0.3, -0.25) is 9.52 Å². The maximum atomic E-state index is 12.4. The van der Waals surface area contributed by atoms with Crippen LogP contribution in [0.25, 0.3) is 0 Å². The predicted octanol–water partition coefficient (Wildman–Crippen LogP) is 3.44. The first-order valence-corrected chi connectivity index (χ1v) is 10.7. The molecule has 0 spiro atoms. The summed E-state index contributed by atoms with van der Waals surface area (Å²) in [5.74, 6) is 0.343. The van der Waals surface area contributed by atoms with E-state index < -0.39 is 10.0 Å². The molecule has 3 rings (SSSR count). The number of rotatable bonds is 7. The third-order valence-electron chi connectivity index (χ3n) is 3.79. The van der Waals surface area contributed by atoms with Crippen molar-refractivity contribution in [2.24, 2.45) is 0 Å². The highest BCUT2D eigenvalue weighted by atomic mass is 32.2. The van der Waals surface area contributed by atoms with Gasteiger partial charge in [0, 0.05) is 11.1 Å². The van der Waals surface area contributed by atoms with Crippen LogP contribution in [0, 0.1) is 6.92 Å². The molecule has 0 aliphatic rings. The molecular weight excluding hydrogens is 398 g/mol. The largest absolute Gasteiger partial charge is 0.497 e. The molecule has 2 N–H and O–H groups in total. The second kappa shape index (κ2) is 8.41. The zero-order valence-electron chi connectivity index (χ0n) is 15.3. The zero-order valence-corrected chi connectivity index (χ0v) is 16.9. The standard InChI is InChI=1S/C19H19N3O4S2/c1-13-4-3-5-14(10-13)20-18(23)11-15-12-27-19(21-15)22-28(24,25)17-8-6-16(26-2)7-9-17/h3-10,12H,11H2,1-2H3,(H,20,23)(H,21,22). The van der Waals surface area contributed by atoms with E-state index in [0.29, 0.717) is 17.1 Å². The SMILES string of the molecule is COc1ccc(S(=O)(=O)Nc2nc(CC(=O)Nc3cccc(C)c3)cs2)cc1. The van der Waals surface area contributed by atoms with Gasteiger partial charge in [-0.05, 0) is 48.9 Å². The van der Waals surface area contributed by atoms with Crippen molar-refractivity contribution in [3.8, 4) is 5.75 Å². The molecule has 1 heterocycles. The van der Waals surface area contributed by atoms with Crippen molar-refractivity contribution in [1.82, 2.24) is 4.98 Å². The van der Waals surface area contributed by atoms with Crippen LogP contribution in [0.5, 0.6) is 5.75 Å². The van der Waals surface area contributed by atoms with Crippen molar-refractivity contribution in [1.29, 1.82) is 0 Å². The average molecular weight is 418 g/mol. The summed E-state index contributed by atoms with van der Waals surface area (Å²) >= 11 is 1.12. The smallest absolute Gasteiger partial charge is 0.263 e. The van der Waals surface area contributed by atoms with Gasteiger partial charge in [-0.25, -0.2) is 13.4 Å². The van der Waals surface area contributed by atoms with Crippen molar-refractivity contribution in [2.45, 2.75) is 18.2 Å². The lowest BCUT2D eigenvalue weighted by molar-refractivity contribution is -0.115.